The van der Waals surface area contributed by atoms with Gasteiger partial charge in [0.05, 0.1) is 11.6 Å². The minimum atomic E-state index is -0.0369. The quantitative estimate of drug-likeness (QED) is 0.171. The van der Waals surface area contributed by atoms with Crippen molar-refractivity contribution in [3.63, 3.8) is 0 Å². The number of aromatic nitrogens is 2. The lowest BCUT2D eigenvalue weighted by Crippen LogP contribution is -2.40. The third-order valence-corrected chi connectivity index (χ3v) is 7.66. The number of likely N-dealkylation sites (N-methyl/N-ethyl adjacent to an activating group) is 2. The maximum Gasteiger partial charge on any atom is 0.246 e. The first-order valence-corrected chi connectivity index (χ1v) is 15.6. The molecule has 4 rings (SSSR count). The van der Waals surface area contributed by atoms with Gasteiger partial charge in [-0.2, -0.15) is 5.10 Å². The number of unbranched alkanes of at least 4 members (excludes halogenated alkanes) is 1. The first kappa shape index (κ1) is 32.8. The molecule has 234 valence electrons. The van der Waals surface area contributed by atoms with Crippen LogP contribution in [-0.2, 0) is 4.79 Å². The molecule has 9 nitrogen and oxygen atoms in total. The number of benzene rings is 2. The van der Waals surface area contributed by atoms with E-state index in [9.17, 15) is 4.79 Å². The van der Waals surface area contributed by atoms with Gasteiger partial charge in [-0.25, -0.2) is 9.67 Å². The number of hydrogen-bond donors (Lipinski definition) is 1. The molecule has 0 radical (unpaired) electrons. The predicted octanol–water partition coefficient (Wildman–Crippen LogP) is 6.45. The molecule has 2 heterocycles. The SMILES string of the molecule is CCCC=Nc1c(C(C)=N)c(-c2ccc(Oc3ccccc3)cc2)nn1C1CCCN(C(=O)C=CCN(C)CCN(C)C)C1. The summed E-state index contributed by atoms with van der Waals surface area (Å²) in [5, 5.41) is 13.8. The van der Waals surface area contributed by atoms with Crippen molar-refractivity contribution >= 4 is 23.7 Å². The standard InChI is InChI=1S/C35H47N7O2/c1-6-7-21-37-35-33(27(2)36)34(28-17-19-31(20-18-28)44-30-14-9-8-10-15-30)38-42(35)29-13-11-23-41(26-29)32(43)16-12-22-40(5)25-24-39(3)4/h8-10,12,14-21,29,36H,6-7,11,13,22-26H2,1-5H3. The second-order valence-corrected chi connectivity index (χ2v) is 11.7. The van der Waals surface area contributed by atoms with E-state index in [0.29, 0.717) is 18.1 Å². The minimum Gasteiger partial charge on any atom is -0.457 e. The molecule has 9 heteroatoms. The van der Waals surface area contributed by atoms with Gasteiger partial charge in [0.2, 0.25) is 5.91 Å². The highest BCUT2D eigenvalue weighted by Crippen LogP contribution is 2.36. The highest BCUT2D eigenvalue weighted by Gasteiger charge is 2.29. The smallest absolute Gasteiger partial charge is 0.246 e. The van der Waals surface area contributed by atoms with E-state index in [0.717, 1.165) is 80.2 Å². The van der Waals surface area contributed by atoms with Crippen LogP contribution in [0.25, 0.3) is 11.3 Å². The lowest BCUT2D eigenvalue weighted by Gasteiger charge is -2.32. The number of ether oxygens (including phenoxy) is 1. The van der Waals surface area contributed by atoms with Crippen LogP contribution < -0.4 is 4.74 Å². The molecule has 1 aliphatic rings. The Morgan fingerprint density at radius 1 is 1.09 bits per heavy atom. The molecule has 1 atom stereocenters. The molecule has 0 spiro atoms. The molecule has 0 saturated carbocycles. The molecular formula is C35H47N7O2. The van der Waals surface area contributed by atoms with E-state index in [1.165, 1.54) is 0 Å². The van der Waals surface area contributed by atoms with Crippen molar-refractivity contribution in [3.05, 3.63) is 72.3 Å². The number of rotatable bonds is 14. The van der Waals surface area contributed by atoms with Crippen molar-refractivity contribution in [2.45, 2.75) is 45.6 Å². The van der Waals surface area contributed by atoms with Crippen LogP contribution in [-0.4, -0.2) is 96.2 Å². The fourth-order valence-corrected chi connectivity index (χ4v) is 5.19. The molecule has 2 aromatic carbocycles. The van der Waals surface area contributed by atoms with E-state index >= 15 is 0 Å². The van der Waals surface area contributed by atoms with Gasteiger partial charge in [-0.1, -0.05) is 37.6 Å². The highest BCUT2D eigenvalue weighted by atomic mass is 16.5. The molecule has 0 aliphatic carbocycles. The Morgan fingerprint density at radius 3 is 2.50 bits per heavy atom. The van der Waals surface area contributed by atoms with E-state index < -0.39 is 0 Å². The van der Waals surface area contributed by atoms with E-state index in [1.807, 2.05) is 76.5 Å². The lowest BCUT2D eigenvalue weighted by molar-refractivity contribution is -0.127. The van der Waals surface area contributed by atoms with E-state index in [2.05, 4.69) is 37.9 Å². The highest BCUT2D eigenvalue weighted by molar-refractivity contribution is 6.06. The minimum absolute atomic E-state index is 0.0246. The number of likely N-dealkylation sites (tertiary alicyclic amines) is 1. The number of amides is 1. The molecule has 1 saturated heterocycles. The Hall–Kier alpha value is -4.08. The Balaban J connectivity index is 1.57. The van der Waals surface area contributed by atoms with Crippen LogP contribution in [0.5, 0.6) is 11.5 Å². The molecule has 1 fully saturated rings. The zero-order valence-electron chi connectivity index (χ0n) is 26.9. The first-order valence-electron chi connectivity index (χ1n) is 15.6. The van der Waals surface area contributed by atoms with Crippen molar-refractivity contribution in [1.29, 1.82) is 5.41 Å². The van der Waals surface area contributed by atoms with Gasteiger partial charge in [-0.3, -0.25) is 4.79 Å². The third kappa shape index (κ3) is 8.97. The van der Waals surface area contributed by atoms with Crippen molar-refractivity contribution in [3.8, 4) is 22.8 Å². The maximum absolute atomic E-state index is 13.2. The van der Waals surface area contributed by atoms with Crippen LogP contribution in [0.1, 0.15) is 51.1 Å². The topological polar surface area (TPSA) is 90.0 Å². The number of piperidine rings is 1. The van der Waals surface area contributed by atoms with Gasteiger partial charge < -0.3 is 24.8 Å². The van der Waals surface area contributed by atoms with Crippen molar-refractivity contribution < 1.29 is 9.53 Å². The van der Waals surface area contributed by atoms with Crippen LogP contribution in [0.3, 0.4) is 0 Å². The summed E-state index contributed by atoms with van der Waals surface area (Å²) >= 11 is 0. The fraction of sp³-hybridized carbons (Fsp3) is 0.429. The summed E-state index contributed by atoms with van der Waals surface area (Å²) in [6, 6.07) is 17.5. The molecular weight excluding hydrogens is 550 g/mol. The van der Waals surface area contributed by atoms with E-state index in [-0.39, 0.29) is 11.9 Å². The second-order valence-electron chi connectivity index (χ2n) is 11.7. The second kappa shape index (κ2) is 16.1. The average molecular weight is 598 g/mol. The number of carbonyl (C=O) groups is 1. The molecule has 3 aromatic rings. The van der Waals surface area contributed by atoms with Gasteiger partial charge >= 0.3 is 0 Å². The Kier molecular flexibility index (Phi) is 12.0. The van der Waals surface area contributed by atoms with Crippen molar-refractivity contribution in [1.82, 2.24) is 24.5 Å². The van der Waals surface area contributed by atoms with Crippen molar-refractivity contribution in [2.24, 2.45) is 4.99 Å². The molecule has 1 aliphatic heterocycles. The largest absolute Gasteiger partial charge is 0.457 e. The molecule has 1 N–H and O–H groups in total. The fourth-order valence-electron chi connectivity index (χ4n) is 5.19. The summed E-state index contributed by atoms with van der Waals surface area (Å²) in [5.41, 5.74) is 2.74. The predicted molar refractivity (Wildman–Crippen MR) is 180 cm³/mol. The van der Waals surface area contributed by atoms with Crippen LogP contribution in [0.2, 0.25) is 0 Å². The third-order valence-electron chi connectivity index (χ3n) is 7.66. The summed E-state index contributed by atoms with van der Waals surface area (Å²) in [4.78, 5) is 24.3. The molecule has 44 heavy (non-hydrogen) atoms. The van der Waals surface area contributed by atoms with Crippen LogP contribution in [0.15, 0.2) is 71.7 Å². The monoisotopic (exact) mass is 597 g/mol. The van der Waals surface area contributed by atoms with E-state index in [1.54, 1.807) is 13.0 Å². The number of carbonyl (C=O) groups excluding carboxylic acids is 1. The normalized spacial score (nSPS) is 15.6. The Bertz CT molecular complexity index is 1430. The number of nitrogens with zero attached hydrogens (tertiary/aromatic N) is 6. The van der Waals surface area contributed by atoms with Gasteiger partial charge in [-0.15, -0.1) is 0 Å². The lowest BCUT2D eigenvalue weighted by atomic mass is 10.0. The summed E-state index contributed by atoms with van der Waals surface area (Å²) in [6.07, 6.45) is 9.16. The number of hydrogen-bond acceptors (Lipinski definition) is 7. The molecule has 1 unspecified atom stereocenters. The molecule has 0 bridgehead atoms. The zero-order chi connectivity index (χ0) is 31.5. The summed E-state index contributed by atoms with van der Waals surface area (Å²) in [6.45, 7) is 7.83. The zero-order valence-corrected chi connectivity index (χ0v) is 26.9. The first-order chi connectivity index (χ1) is 21.3. The van der Waals surface area contributed by atoms with Crippen LogP contribution in [0.4, 0.5) is 5.82 Å². The summed E-state index contributed by atoms with van der Waals surface area (Å²) < 4.78 is 7.95. The van der Waals surface area contributed by atoms with Gasteiger partial charge in [0.15, 0.2) is 5.82 Å². The average Bonchev–Trinajstić information content (AvgIpc) is 3.41. The van der Waals surface area contributed by atoms with Crippen LogP contribution in [0, 0.1) is 5.41 Å². The number of aliphatic imine (C=N–C) groups is 1. The molecule has 1 amide bonds. The maximum atomic E-state index is 13.2. The molecule has 1 aromatic heterocycles. The Labute approximate surface area is 262 Å². The number of para-hydroxylation sites is 1. The van der Waals surface area contributed by atoms with Crippen molar-refractivity contribution in [2.75, 3.05) is 53.9 Å². The van der Waals surface area contributed by atoms with Gasteiger partial charge in [-0.05, 0) is 83.7 Å². The van der Waals surface area contributed by atoms with Crippen LogP contribution >= 0.6 is 0 Å². The van der Waals surface area contributed by atoms with Gasteiger partial charge in [0.25, 0.3) is 0 Å². The van der Waals surface area contributed by atoms with Gasteiger partial charge in [0.1, 0.15) is 17.2 Å². The number of nitrogens with one attached hydrogen (secondary N) is 1. The Morgan fingerprint density at radius 2 is 1.82 bits per heavy atom. The summed E-state index contributed by atoms with van der Waals surface area (Å²) in [7, 11) is 6.19. The summed E-state index contributed by atoms with van der Waals surface area (Å²) in [5.74, 6) is 2.21. The van der Waals surface area contributed by atoms with Gasteiger partial charge in [0, 0.05) is 56.3 Å². The van der Waals surface area contributed by atoms with E-state index in [4.69, 9.17) is 20.2 Å².